The summed E-state index contributed by atoms with van der Waals surface area (Å²) in [7, 11) is 0. The molecular formula is C28H50N2O4. The first kappa shape index (κ1) is 30.4. The van der Waals surface area contributed by atoms with Gasteiger partial charge in [0, 0.05) is 26.1 Å². The molecule has 0 bridgehead atoms. The van der Waals surface area contributed by atoms with Crippen molar-refractivity contribution >= 4 is 5.97 Å². The van der Waals surface area contributed by atoms with Crippen LogP contribution in [-0.4, -0.2) is 37.3 Å². The van der Waals surface area contributed by atoms with Gasteiger partial charge in [0.1, 0.15) is 18.1 Å². The Labute approximate surface area is 207 Å². The molecule has 3 N–H and O–H groups in total. The van der Waals surface area contributed by atoms with Crippen molar-refractivity contribution in [3.8, 4) is 0 Å². The third-order valence-corrected chi connectivity index (χ3v) is 5.80. The van der Waals surface area contributed by atoms with Crippen LogP contribution in [-0.2, 0) is 22.7 Å². The van der Waals surface area contributed by atoms with Gasteiger partial charge in [-0.15, -0.1) is 0 Å². The Balaban J connectivity index is 1.90. The highest BCUT2D eigenvalue weighted by atomic mass is 16.5. The first-order valence-corrected chi connectivity index (χ1v) is 13.7. The molecule has 6 nitrogen and oxygen atoms in total. The molecule has 0 aliphatic heterocycles. The monoisotopic (exact) mass is 478 g/mol. The Morgan fingerprint density at radius 2 is 1.47 bits per heavy atom. The first-order valence-electron chi connectivity index (χ1n) is 13.7. The number of carbonyl (C=O) groups is 1. The van der Waals surface area contributed by atoms with Crippen molar-refractivity contribution in [2.45, 2.75) is 110 Å². The van der Waals surface area contributed by atoms with Gasteiger partial charge in [0.15, 0.2) is 0 Å². The number of nitrogens with one attached hydrogen (secondary N) is 2. The molecule has 196 valence electrons. The minimum atomic E-state index is -0.149. The predicted octanol–water partition coefficient (Wildman–Crippen LogP) is 6.03. The molecule has 0 unspecified atom stereocenters. The molecule has 1 aromatic rings. The largest absolute Gasteiger partial charge is 0.461 e. The summed E-state index contributed by atoms with van der Waals surface area (Å²) in [5.41, 5.74) is 0. The maximum Gasteiger partial charge on any atom is 0.306 e. The molecular weight excluding hydrogens is 428 g/mol. The van der Waals surface area contributed by atoms with E-state index in [4.69, 9.17) is 14.3 Å². The number of aliphatic hydroxyl groups excluding tert-OH is 1. The Kier molecular flexibility index (Phi) is 20.7. The molecule has 1 aromatic heterocycles. The van der Waals surface area contributed by atoms with Crippen LogP contribution < -0.4 is 10.6 Å². The number of allylic oxidation sites excluding steroid dienone is 2. The minimum absolute atomic E-state index is 0.149. The molecule has 0 radical (unpaired) electrons. The Bertz CT molecular complexity index is 615. The Morgan fingerprint density at radius 1 is 0.853 bits per heavy atom. The van der Waals surface area contributed by atoms with Crippen LogP contribution in [0, 0.1) is 0 Å². The molecule has 0 saturated heterocycles. The lowest BCUT2D eigenvalue weighted by Crippen LogP contribution is -2.28. The number of ether oxygens (including phenoxy) is 1. The molecule has 0 saturated carbocycles. The average molecular weight is 479 g/mol. The SMILES string of the molecule is CCCCCCCC/C=C\CCCCCCCC(=O)OCc1ccc(CNCCNCCO)o1. The number of aliphatic hydroxyl groups is 1. The summed E-state index contributed by atoms with van der Waals surface area (Å²) in [6.07, 6.45) is 21.4. The maximum atomic E-state index is 11.9. The van der Waals surface area contributed by atoms with Crippen LogP contribution in [0.2, 0.25) is 0 Å². The second kappa shape index (κ2) is 23.1. The van der Waals surface area contributed by atoms with E-state index in [9.17, 15) is 4.79 Å². The van der Waals surface area contributed by atoms with Crippen molar-refractivity contribution in [3.63, 3.8) is 0 Å². The molecule has 6 heteroatoms. The topological polar surface area (TPSA) is 83.7 Å². The van der Waals surface area contributed by atoms with Crippen LogP contribution in [0.3, 0.4) is 0 Å². The smallest absolute Gasteiger partial charge is 0.306 e. The number of carbonyl (C=O) groups excluding carboxylic acids is 1. The standard InChI is InChI=1S/C28H50N2O4/c1-2-3-4-5-6-7-8-9-10-11-12-13-14-15-16-17-28(32)33-25-27-19-18-26(34-27)24-30-21-20-29-22-23-31/h9-10,18-19,29-31H,2-8,11-17,20-25H2,1H3/b10-9-. The minimum Gasteiger partial charge on any atom is -0.461 e. The zero-order valence-corrected chi connectivity index (χ0v) is 21.6. The lowest BCUT2D eigenvalue weighted by Gasteiger charge is -2.04. The van der Waals surface area contributed by atoms with E-state index in [2.05, 4.69) is 29.7 Å². The number of hydrogen-bond acceptors (Lipinski definition) is 6. The van der Waals surface area contributed by atoms with Crippen molar-refractivity contribution < 1.29 is 19.1 Å². The second-order valence-electron chi connectivity index (χ2n) is 9.01. The fourth-order valence-corrected chi connectivity index (χ4v) is 3.75. The van der Waals surface area contributed by atoms with Crippen LogP contribution in [0.4, 0.5) is 0 Å². The van der Waals surface area contributed by atoms with Gasteiger partial charge in [0.05, 0.1) is 13.2 Å². The highest BCUT2D eigenvalue weighted by Gasteiger charge is 2.07. The molecule has 0 aromatic carbocycles. The molecule has 1 rings (SSSR count). The van der Waals surface area contributed by atoms with Gasteiger partial charge in [-0.1, -0.05) is 70.4 Å². The zero-order valence-electron chi connectivity index (χ0n) is 21.6. The van der Waals surface area contributed by atoms with Crippen molar-refractivity contribution in [3.05, 3.63) is 35.8 Å². The van der Waals surface area contributed by atoms with Crippen molar-refractivity contribution in [1.29, 1.82) is 0 Å². The van der Waals surface area contributed by atoms with Gasteiger partial charge in [-0.25, -0.2) is 0 Å². The van der Waals surface area contributed by atoms with Crippen LogP contribution in [0.25, 0.3) is 0 Å². The van der Waals surface area contributed by atoms with Gasteiger partial charge < -0.3 is 24.9 Å². The second-order valence-corrected chi connectivity index (χ2v) is 9.01. The number of unbranched alkanes of at least 4 members (excludes halogenated alkanes) is 11. The molecule has 0 spiro atoms. The van der Waals surface area contributed by atoms with Crippen molar-refractivity contribution in [1.82, 2.24) is 10.6 Å². The van der Waals surface area contributed by atoms with E-state index in [0.717, 1.165) is 31.7 Å². The van der Waals surface area contributed by atoms with Crippen molar-refractivity contribution in [2.75, 3.05) is 26.2 Å². The van der Waals surface area contributed by atoms with Gasteiger partial charge in [-0.2, -0.15) is 0 Å². The van der Waals surface area contributed by atoms with Gasteiger partial charge in [-0.3, -0.25) is 4.79 Å². The van der Waals surface area contributed by atoms with E-state index < -0.39 is 0 Å². The highest BCUT2D eigenvalue weighted by molar-refractivity contribution is 5.69. The van der Waals surface area contributed by atoms with E-state index in [1.165, 1.54) is 70.6 Å². The Hall–Kier alpha value is -1.63. The van der Waals surface area contributed by atoms with E-state index in [-0.39, 0.29) is 19.2 Å². The van der Waals surface area contributed by atoms with Gasteiger partial charge >= 0.3 is 5.97 Å². The molecule has 34 heavy (non-hydrogen) atoms. The zero-order chi connectivity index (χ0) is 24.5. The summed E-state index contributed by atoms with van der Waals surface area (Å²) >= 11 is 0. The predicted molar refractivity (Wildman–Crippen MR) is 140 cm³/mol. The quantitative estimate of drug-likeness (QED) is 0.0955. The number of furan rings is 1. The van der Waals surface area contributed by atoms with Gasteiger partial charge in [0.25, 0.3) is 0 Å². The molecule has 0 aliphatic carbocycles. The first-order chi connectivity index (χ1) is 16.8. The van der Waals surface area contributed by atoms with Crippen LogP contribution in [0.15, 0.2) is 28.7 Å². The third-order valence-electron chi connectivity index (χ3n) is 5.80. The van der Waals surface area contributed by atoms with E-state index in [1.54, 1.807) is 0 Å². The fraction of sp³-hybridized carbons (Fsp3) is 0.750. The highest BCUT2D eigenvalue weighted by Crippen LogP contribution is 2.12. The number of rotatable bonds is 24. The summed E-state index contributed by atoms with van der Waals surface area (Å²) in [6.45, 7) is 5.43. The average Bonchev–Trinajstić information content (AvgIpc) is 3.30. The van der Waals surface area contributed by atoms with E-state index >= 15 is 0 Å². The van der Waals surface area contributed by atoms with Crippen LogP contribution in [0.5, 0.6) is 0 Å². The summed E-state index contributed by atoms with van der Waals surface area (Å²) in [5, 5.41) is 15.1. The summed E-state index contributed by atoms with van der Waals surface area (Å²) in [6, 6.07) is 3.76. The fourth-order valence-electron chi connectivity index (χ4n) is 3.75. The van der Waals surface area contributed by atoms with Crippen molar-refractivity contribution in [2.24, 2.45) is 0 Å². The number of hydrogen-bond donors (Lipinski definition) is 3. The normalized spacial score (nSPS) is 11.5. The molecule has 0 fully saturated rings. The van der Waals surface area contributed by atoms with Gasteiger partial charge in [0.2, 0.25) is 0 Å². The third kappa shape index (κ3) is 18.8. The summed E-state index contributed by atoms with van der Waals surface area (Å²) < 4.78 is 11.0. The lowest BCUT2D eigenvalue weighted by molar-refractivity contribution is -0.145. The van der Waals surface area contributed by atoms with E-state index in [1.807, 2.05) is 12.1 Å². The Morgan fingerprint density at radius 3 is 2.18 bits per heavy atom. The van der Waals surface area contributed by atoms with Gasteiger partial charge in [-0.05, 0) is 44.2 Å². The maximum absolute atomic E-state index is 11.9. The molecule has 0 atom stereocenters. The molecule has 1 heterocycles. The van der Waals surface area contributed by atoms with E-state index in [0.29, 0.717) is 25.3 Å². The molecule has 0 amide bonds. The van der Waals surface area contributed by atoms with Crippen LogP contribution in [0.1, 0.15) is 108 Å². The summed E-state index contributed by atoms with van der Waals surface area (Å²) in [5.74, 6) is 1.35. The lowest BCUT2D eigenvalue weighted by atomic mass is 10.1. The number of esters is 1. The molecule has 0 aliphatic rings. The summed E-state index contributed by atoms with van der Waals surface area (Å²) in [4.78, 5) is 11.9. The van der Waals surface area contributed by atoms with Crippen LogP contribution >= 0.6 is 0 Å².